The summed E-state index contributed by atoms with van der Waals surface area (Å²) in [5, 5.41) is 1.84. The predicted molar refractivity (Wildman–Crippen MR) is 132 cm³/mol. The first kappa shape index (κ1) is 22.3. The molecule has 1 amide bonds. The first-order valence-corrected chi connectivity index (χ1v) is 13.3. The van der Waals surface area contributed by atoms with Crippen LogP contribution in [0.3, 0.4) is 0 Å². The van der Waals surface area contributed by atoms with E-state index in [-0.39, 0.29) is 11.7 Å². The second kappa shape index (κ2) is 10.2. The molecular weight excluding hydrogens is 459 g/mol. The molecule has 0 radical (unpaired) electrons. The van der Waals surface area contributed by atoms with Gasteiger partial charge in [0.1, 0.15) is 21.9 Å². The number of fused-ring (bicyclic) bond motifs is 1. The number of halogens is 1. The van der Waals surface area contributed by atoms with Crippen LogP contribution in [0.1, 0.15) is 25.7 Å². The van der Waals surface area contributed by atoms with E-state index < -0.39 is 0 Å². The monoisotopic (exact) mass is 486 g/mol. The van der Waals surface area contributed by atoms with Gasteiger partial charge in [-0.15, -0.1) is 0 Å². The third kappa shape index (κ3) is 5.22. The number of benzene rings is 1. The lowest BCUT2D eigenvalue weighted by Crippen LogP contribution is -2.49. The summed E-state index contributed by atoms with van der Waals surface area (Å²) in [5.41, 5.74) is 1.71. The van der Waals surface area contributed by atoms with Crippen molar-refractivity contribution in [2.24, 2.45) is 0 Å². The van der Waals surface area contributed by atoms with E-state index in [0.717, 1.165) is 52.4 Å². The number of amides is 1. The fraction of sp³-hybridized carbons (Fsp3) is 0.478. The van der Waals surface area contributed by atoms with Crippen molar-refractivity contribution in [2.45, 2.75) is 30.7 Å². The van der Waals surface area contributed by atoms with Crippen LogP contribution in [0.5, 0.6) is 0 Å². The number of carbonyl (C=O) groups excluding carboxylic acids is 1. The molecule has 1 aromatic carbocycles. The molecule has 2 fully saturated rings. The van der Waals surface area contributed by atoms with E-state index in [0.29, 0.717) is 18.8 Å². The van der Waals surface area contributed by atoms with Crippen LogP contribution in [0, 0.1) is 5.82 Å². The van der Waals surface area contributed by atoms with E-state index in [4.69, 9.17) is 4.98 Å². The highest BCUT2D eigenvalue weighted by atomic mass is 32.2. The van der Waals surface area contributed by atoms with Crippen LogP contribution < -0.4 is 9.80 Å². The average molecular weight is 487 g/mol. The van der Waals surface area contributed by atoms with Crippen LogP contribution in [-0.4, -0.2) is 70.8 Å². The molecule has 5 rings (SSSR count). The molecule has 2 aliphatic heterocycles. The Morgan fingerprint density at radius 2 is 1.67 bits per heavy atom. The summed E-state index contributed by atoms with van der Waals surface area (Å²) < 4.78 is 14.1. The molecule has 4 heterocycles. The summed E-state index contributed by atoms with van der Waals surface area (Å²) in [6, 6.07) is 6.53. The number of aromatic nitrogens is 3. The lowest BCUT2D eigenvalue weighted by molar-refractivity contribution is -0.128. The van der Waals surface area contributed by atoms with Gasteiger partial charge in [-0.05, 0) is 37.1 Å². The Balaban J connectivity index is 1.19. The zero-order valence-electron chi connectivity index (χ0n) is 18.5. The van der Waals surface area contributed by atoms with Crippen molar-refractivity contribution in [3.05, 3.63) is 36.4 Å². The first-order chi connectivity index (χ1) is 16.2. The Kier molecular flexibility index (Phi) is 6.91. The van der Waals surface area contributed by atoms with E-state index >= 15 is 0 Å². The predicted octanol–water partition coefficient (Wildman–Crippen LogP) is 4.05. The van der Waals surface area contributed by atoms with Crippen molar-refractivity contribution in [3.8, 4) is 0 Å². The molecule has 0 N–H and O–H groups in total. The smallest absolute Gasteiger partial charge is 0.233 e. The maximum Gasteiger partial charge on any atom is 0.233 e. The molecule has 0 bridgehead atoms. The summed E-state index contributed by atoms with van der Waals surface area (Å²) in [6.07, 6.45) is 6.51. The normalized spacial score (nSPS) is 17.4. The van der Waals surface area contributed by atoms with Gasteiger partial charge >= 0.3 is 0 Å². The van der Waals surface area contributed by atoms with Crippen LogP contribution in [0.4, 0.5) is 15.2 Å². The fourth-order valence-corrected chi connectivity index (χ4v) is 6.35. The number of rotatable bonds is 5. The number of piperazine rings is 1. The minimum absolute atomic E-state index is 0.114. The molecule has 33 heavy (non-hydrogen) atoms. The maximum absolute atomic E-state index is 13.2. The van der Waals surface area contributed by atoms with Gasteiger partial charge in [-0.2, -0.15) is 4.98 Å². The van der Waals surface area contributed by atoms with E-state index in [1.165, 1.54) is 49.6 Å². The highest BCUT2D eigenvalue weighted by molar-refractivity contribution is 8.00. The zero-order valence-corrected chi connectivity index (χ0v) is 20.1. The lowest BCUT2D eigenvalue weighted by atomic mass is 10.2. The van der Waals surface area contributed by atoms with E-state index in [1.54, 1.807) is 29.8 Å². The molecule has 0 saturated carbocycles. The molecule has 0 unspecified atom stereocenters. The molecule has 7 nitrogen and oxygen atoms in total. The van der Waals surface area contributed by atoms with Gasteiger partial charge in [0.2, 0.25) is 5.91 Å². The van der Waals surface area contributed by atoms with E-state index in [9.17, 15) is 9.18 Å². The molecule has 0 spiro atoms. The van der Waals surface area contributed by atoms with Gasteiger partial charge in [0.05, 0.1) is 5.75 Å². The van der Waals surface area contributed by atoms with Crippen molar-refractivity contribution in [1.82, 2.24) is 19.9 Å². The molecule has 2 aliphatic rings. The van der Waals surface area contributed by atoms with Crippen LogP contribution in [0.15, 0.2) is 35.6 Å². The SMILES string of the molecule is O=C(CSc1ncnc2nc(N3CCCCCC3)sc12)N1CCN(c2ccc(F)cc2)CC1. The van der Waals surface area contributed by atoms with Crippen LogP contribution in [-0.2, 0) is 4.79 Å². The quantitative estimate of drug-likeness (QED) is 0.398. The van der Waals surface area contributed by atoms with Crippen LogP contribution in [0.2, 0.25) is 0 Å². The van der Waals surface area contributed by atoms with Crippen molar-refractivity contribution >= 4 is 50.2 Å². The summed E-state index contributed by atoms with van der Waals surface area (Å²) in [5.74, 6) is 0.227. The number of hydrogen-bond acceptors (Lipinski definition) is 8. The standard InChI is InChI=1S/C23H27FN6OS2/c24-17-5-7-18(8-6-17)28-11-13-29(14-12-28)19(31)15-32-22-20-21(25-16-26-22)27-23(33-20)30-9-3-1-2-4-10-30/h5-8,16H,1-4,9-15H2. The molecule has 2 saturated heterocycles. The Morgan fingerprint density at radius 3 is 2.39 bits per heavy atom. The van der Waals surface area contributed by atoms with Gasteiger partial charge in [-0.3, -0.25) is 4.79 Å². The molecule has 10 heteroatoms. The van der Waals surface area contributed by atoms with E-state index in [2.05, 4.69) is 19.8 Å². The molecule has 3 aromatic rings. The Hall–Kier alpha value is -2.46. The number of hydrogen-bond donors (Lipinski definition) is 0. The van der Waals surface area contributed by atoms with Crippen LogP contribution >= 0.6 is 23.1 Å². The third-order valence-corrected chi connectivity index (χ3v) is 8.40. The minimum atomic E-state index is -0.233. The van der Waals surface area contributed by atoms with Gasteiger partial charge in [-0.25, -0.2) is 14.4 Å². The van der Waals surface area contributed by atoms with Gasteiger partial charge in [0, 0.05) is 45.0 Å². The summed E-state index contributed by atoms with van der Waals surface area (Å²) in [6.45, 7) is 4.89. The highest BCUT2D eigenvalue weighted by Crippen LogP contribution is 2.34. The summed E-state index contributed by atoms with van der Waals surface area (Å²) >= 11 is 3.11. The molecule has 2 aromatic heterocycles. The maximum atomic E-state index is 13.2. The second-order valence-corrected chi connectivity index (χ2v) is 10.3. The van der Waals surface area contributed by atoms with Gasteiger partial charge in [0.15, 0.2) is 10.8 Å². The number of thioether (sulfide) groups is 1. The number of carbonyl (C=O) groups is 1. The van der Waals surface area contributed by atoms with Crippen molar-refractivity contribution in [2.75, 3.05) is 54.8 Å². The first-order valence-electron chi connectivity index (χ1n) is 11.4. The third-order valence-electron chi connectivity index (χ3n) is 6.18. The second-order valence-electron chi connectivity index (χ2n) is 8.36. The van der Waals surface area contributed by atoms with Crippen molar-refractivity contribution in [3.63, 3.8) is 0 Å². The topological polar surface area (TPSA) is 65.5 Å². The molecule has 0 atom stereocenters. The van der Waals surface area contributed by atoms with Crippen molar-refractivity contribution < 1.29 is 9.18 Å². The number of thiazole rings is 1. The Labute approximate surface area is 201 Å². The highest BCUT2D eigenvalue weighted by Gasteiger charge is 2.23. The minimum Gasteiger partial charge on any atom is -0.368 e. The molecule has 174 valence electrons. The van der Waals surface area contributed by atoms with Gasteiger partial charge in [0.25, 0.3) is 0 Å². The molecular formula is C23H27FN6OS2. The van der Waals surface area contributed by atoms with Gasteiger partial charge < -0.3 is 14.7 Å². The Morgan fingerprint density at radius 1 is 0.939 bits per heavy atom. The largest absolute Gasteiger partial charge is 0.368 e. The zero-order chi connectivity index (χ0) is 22.6. The molecule has 0 aliphatic carbocycles. The summed E-state index contributed by atoms with van der Waals surface area (Å²) in [7, 11) is 0. The number of nitrogens with zero attached hydrogens (tertiary/aromatic N) is 6. The number of anilines is 2. The van der Waals surface area contributed by atoms with Crippen molar-refractivity contribution in [1.29, 1.82) is 0 Å². The Bertz CT molecular complexity index is 1090. The van der Waals surface area contributed by atoms with Gasteiger partial charge in [-0.1, -0.05) is 35.9 Å². The summed E-state index contributed by atoms with van der Waals surface area (Å²) in [4.78, 5) is 32.9. The average Bonchev–Trinajstić information content (AvgIpc) is 3.10. The van der Waals surface area contributed by atoms with Crippen LogP contribution in [0.25, 0.3) is 10.3 Å². The lowest BCUT2D eigenvalue weighted by Gasteiger charge is -2.36. The fourth-order valence-electron chi connectivity index (χ4n) is 4.31. The van der Waals surface area contributed by atoms with E-state index in [1.807, 2.05) is 4.90 Å².